The van der Waals surface area contributed by atoms with Crippen LogP contribution >= 0.6 is 11.6 Å². The van der Waals surface area contributed by atoms with Gasteiger partial charge in [-0.15, -0.1) is 0 Å². The van der Waals surface area contributed by atoms with Crippen LogP contribution in [0.5, 0.6) is 0 Å². The minimum atomic E-state index is -3.35. The van der Waals surface area contributed by atoms with Crippen molar-refractivity contribution in [2.75, 3.05) is 11.6 Å². The number of anilines is 1. The molecule has 0 heterocycles. The predicted molar refractivity (Wildman–Crippen MR) is 78.6 cm³/mol. The van der Waals surface area contributed by atoms with Crippen LogP contribution < -0.4 is 11.1 Å². The first-order valence-corrected chi connectivity index (χ1v) is 8.59. The second-order valence-electron chi connectivity index (χ2n) is 5.23. The molecule has 7 heteroatoms. The fourth-order valence-electron chi connectivity index (χ4n) is 2.31. The lowest BCUT2D eigenvalue weighted by molar-refractivity contribution is -0.121. The normalized spacial score (nSPS) is 17.9. The molecule has 0 aliphatic heterocycles. The zero-order valence-corrected chi connectivity index (χ0v) is 12.7. The quantitative estimate of drug-likeness (QED) is 0.892. The maximum atomic E-state index is 12.2. The Bertz CT molecular complexity index is 637. The Balaban J connectivity index is 2.27. The highest BCUT2D eigenvalue weighted by molar-refractivity contribution is 7.90. The number of rotatable bonds is 3. The van der Waals surface area contributed by atoms with Gasteiger partial charge in [-0.05, 0) is 31.0 Å². The molecule has 1 aromatic carbocycles. The number of carbonyl (C=O) groups excluding carboxylic acids is 1. The first kappa shape index (κ1) is 15.3. The molecule has 0 saturated heterocycles. The van der Waals surface area contributed by atoms with Gasteiger partial charge in [-0.25, -0.2) is 8.42 Å². The lowest BCUT2D eigenvalue weighted by atomic mass is 9.98. The largest absolute Gasteiger partial charge is 0.323 e. The molecule has 1 fully saturated rings. The molecule has 1 amide bonds. The van der Waals surface area contributed by atoms with Gasteiger partial charge >= 0.3 is 0 Å². The molecule has 20 heavy (non-hydrogen) atoms. The van der Waals surface area contributed by atoms with Crippen LogP contribution in [0.2, 0.25) is 5.02 Å². The number of sulfone groups is 1. The highest BCUT2D eigenvalue weighted by Crippen LogP contribution is 2.31. The molecule has 0 bridgehead atoms. The minimum absolute atomic E-state index is 0.106. The van der Waals surface area contributed by atoms with Crippen LogP contribution in [-0.4, -0.2) is 26.1 Å². The third kappa shape index (κ3) is 3.13. The van der Waals surface area contributed by atoms with Crippen molar-refractivity contribution in [1.82, 2.24) is 0 Å². The molecule has 0 radical (unpaired) electrons. The van der Waals surface area contributed by atoms with Gasteiger partial charge in [0.1, 0.15) is 0 Å². The first-order valence-electron chi connectivity index (χ1n) is 6.32. The van der Waals surface area contributed by atoms with Gasteiger partial charge in [0.2, 0.25) is 5.91 Å². The predicted octanol–water partition coefficient (Wildman–Crippen LogP) is 1.95. The van der Waals surface area contributed by atoms with Crippen LogP contribution in [0.15, 0.2) is 23.1 Å². The minimum Gasteiger partial charge on any atom is -0.323 e. The summed E-state index contributed by atoms with van der Waals surface area (Å²) in [6.45, 7) is 0. The van der Waals surface area contributed by atoms with Gasteiger partial charge in [-0.1, -0.05) is 24.4 Å². The van der Waals surface area contributed by atoms with E-state index in [1.165, 1.54) is 18.2 Å². The summed E-state index contributed by atoms with van der Waals surface area (Å²) in [4.78, 5) is 12.3. The lowest BCUT2D eigenvalue weighted by Gasteiger charge is -2.22. The van der Waals surface area contributed by atoms with E-state index in [0.717, 1.165) is 19.1 Å². The first-order chi connectivity index (χ1) is 9.22. The fraction of sp³-hybridized carbons (Fsp3) is 0.462. The van der Waals surface area contributed by atoms with Crippen molar-refractivity contribution in [1.29, 1.82) is 0 Å². The van der Waals surface area contributed by atoms with Crippen LogP contribution in [0, 0.1) is 0 Å². The number of halogens is 1. The zero-order chi connectivity index (χ0) is 15.0. The van der Waals surface area contributed by atoms with E-state index in [1.807, 2.05) is 0 Å². The van der Waals surface area contributed by atoms with E-state index in [9.17, 15) is 13.2 Å². The summed E-state index contributed by atoms with van der Waals surface area (Å²) in [5, 5.41) is 2.93. The number of amides is 1. The van der Waals surface area contributed by atoms with E-state index in [4.69, 9.17) is 17.3 Å². The van der Waals surface area contributed by atoms with Crippen LogP contribution in [0.4, 0.5) is 5.69 Å². The van der Waals surface area contributed by atoms with Crippen molar-refractivity contribution in [3.63, 3.8) is 0 Å². The van der Waals surface area contributed by atoms with Crippen LogP contribution in [0.1, 0.15) is 25.7 Å². The summed E-state index contributed by atoms with van der Waals surface area (Å²) in [5.74, 6) is -0.317. The highest BCUT2D eigenvalue weighted by Gasteiger charge is 2.37. The van der Waals surface area contributed by atoms with Crippen molar-refractivity contribution in [2.45, 2.75) is 36.1 Å². The Morgan fingerprint density at radius 2 is 1.95 bits per heavy atom. The number of hydrogen-bond donors (Lipinski definition) is 2. The Morgan fingerprint density at radius 3 is 2.50 bits per heavy atom. The smallest absolute Gasteiger partial charge is 0.244 e. The molecular formula is C13H17ClN2O3S. The third-order valence-corrected chi connectivity index (χ3v) is 5.00. The summed E-state index contributed by atoms with van der Waals surface area (Å²) >= 11 is 5.99. The average Bonchev–Trinajstić information content (AvgIpc) is 2.79. The molecule has 0 unspecified atom stereocenters. The van der Waals surface area contributed by atoms with Gasteiger partial charge in [0.25, 0.3) is 0 Å². The van der Waals surface area contributed by atoms with E-state index in [-0.39, 0.29) is 21.5 Å². The Hall–Kier alpha value is -1.11. The van der Waals surface area contributed by atoms with Crippen LogP contribution in [0.3, 0.4) is 0 Å². The van der Waals surface area contributed by atoms with E-state index < -0.39 is 15.4 Å². The molecule has 2 rings (SSSR count). The van der Waals surface area contributed by atoms with Crippen molar-refractivity contribution in [3.05, 3.63) is 23.2 Å². The number of nitrogens with one attached hydrogen (secondary N) is 1. The van der Waals surface area contributed by atoms with E-state index >= 15 is 0 Å². The molecule has 1 saturated carbocycles. The van der Waals surface area contributed by atoms with Gasteiger partial charge in [0, 0.05) is 6.26 Å². The summed E-state index contributed by atoms with van der Waals surface area (Å²) in [6.07, 6.45) is 4.19. The van der Waals surface area contributed by atoms with Crippen molar-refractivity contribution < 1.29 is 13.2 Å². The second-order valence-corrected chi connectivity index (χ2v) is 7.65. The maximum Gasteiger partial charge on any atom is 0.244 e. The number of benzene rings is 1. The number of hydrogen-bond acceptors (Lipinski definition) is 4. The van der Waals surface area contributed by atoms with Gasteiger partial charge in [-0.2, -0.15) is 0 Å². The lowest BCUT2D eigenvalue weighted by Crippen LogP contribution is -2.48. The highest BCUT2D eigenvalue weighted by atomic mass is 35.5. The van der Waals surface area contributed by atoms with Crippen LogP contribution in [-0.2, 0) is 14.6 Å². The molecule has 1 aromatic rings. The Labute approximate surface area is 123 Å². The molecule has 0 aromatic heterocycles. The zero-order valence-electron chi connectivity index (χ0n) is 11.1. The summed E-state index contributed by atoms with van der Waals surface area (Å²) < 4.78 is 23.0. The summed E-state index contributed by atoms with van der Waals surface area (Å²) in [5.41, 5.74) is 5.44. The monoisotopic (exact) mass is 316 g/mol. The van der Waals surface area contributed by atoms with Gasteiger partial charge in [0.05, 0.1) is 21.1 Å². The molecule has 0 atom stereocenters. The number of nitrogens with two attached hydrogens (primary N) is 1. The van der Waals surface area contributed by atoms with Gasteiger partial charge in [-0.3, -0.25) is 4.79 Å². The Kier molecular flexibility index (Phi) is 4.09. The van der Waals surface area contributed by atoms with Gasteiger partial charge in [0.15, 0.2) is 9.84 Å². The SMILES string of the molecule is CS(=O)(=O)c1ccc(Cl)c(NC(=O)C2(N)CCCC2)c1. The average molecular weight is 317 g/mol. The van der Waals surface area contributed by atoms with E-state index in [0.29, 0.717) is 12.8 Å². The molecule has 1 aliphatic carbocycles. The number of carbonyl (C=O) groups is 1. The molecular weight excluding hydrogens is 300 g/mol. The molecule has 0 spiro atoms. The van der Waals surface area contributed by atoms with Gasteiger partial charge < -0.3 is 11.1 Å². The summed E-state index contributed by atoms with van der Waals surface area (Å²) in [6, 6.07) is 4.21. The topological polar surface area (TPSA) is 89.3 Å². The molecule has 3 N–H and O–H groups in total. The van der Waals surface area contributed by atoms with Crippen molar-refractivity contribution in [3.8, 4) is 0 Å². The molecule has 1 aliphatic rings. The van der Waals surface area contributed by atoms with Crippen LogP contribution in [0.25, 0.3) is 0 Å². The maximum absolute atomic E-state index is 12.2. The standard InChI is InChI=1S/C13H17ClN2O3S/c1-20(18,19)9-4-5-10(14)11(8-9)16-12(17)13(15)6-2-3-7-13/h4-5,8H,2-3,6-7,15H2,1H3,(H,16,17). The van der Waals surface area contributed by atoms with E-state index in [1.54, 1.807) is 0 Å². The second kappa shape index (κ2) is 5.35. The Morgan fingerprint density at radius 1 is 1.35 bits per heavy atom. The fourth-order valence-corrected chi connectivity index (χ4v) is 3.12. The molecule has 110 valence electrons. The summed E-state index contributed by atoms with van der Waals surface area (Å²) in [7, 11) is -3.35. The van der Waals surface area contributed by atoms with E-state index in [2.05, 4.69) is 5.32 Å². The molecule has 5 nitrogen and oxygen atoms in total. The van der Waals surface area contributed by atoms with Crippen molar-refractivity contribution >= 4 is 33.0 Å². The third-order valence-electron chi connectivity index (χ3n) is 3.56. The van der Waals surface area contributed by atoms with Crippen molar-refractivity contribution in [2.24, 2.45) is 5.73 Å².